The fraction of sp³-hybridized carbons (Fsp3) is 0.316. The fourth-order valence-corrected chi connectivity index (χ4v) is 2.50. The summed E-state index contributed by atoms with van der Waals surface area (Å²) < 4.78 is 0. The monoisotopic (exact) mass is 325 g/mol. The molecule has 0 aliphatic rings. The van der Waals surface area contributed by atoms with Gasteiger partial charge in [-0.05, 0) is 31.5 Å². The van der Waals surface area contributed by atoms with Gasteiger partial charge >= 0.3 is 0 Å². The first-order chi connectivity index (χ1) is 11.6. The van der Waals surface area contributed by atoms with E-state index in [1.807, 2.05) is 44.2 Å². The zero-order valence-electron chi connectivity index (χ0n) is 14.4. The van der Waals surface area contributed by atoms with Crippen LogP contribution in [0.1, 0.15) is 40.3 Å². The summed E-state index contributed by atoms with van der Waals surface area (Å²) in [4.78, 5) is 32.4. The number of benzene rings is 1. The molecule has 0 saturated carbocycles. The van der Waals surface area contributed by atoms with Gasteiger partial charge in [0.15, 0.2) is 0 Å². The van der Waals surface area contributed by atoms with Crippen LogP contribution in [0.3, 0.4) is 0 Å². The first-order valence-electron chi connectivity index (χ1n) is 8.11. The fourth-order valence-electron chi connectivity index (χ4n) is 2.50. The number of carbonyl (C=O) groups is 2. The number of aromatic nitrogens is 1. The van der Waals surface area contributed by atoms with Crippen LogP contribution in [0.5, 0.6) is 0 Å². The van der Waals surface area contributed by atoms with E-state index in [1.54, 1.807) is 29.0 Å². The third kappa shape index (κ3) is 4.19. The van der Waals surface area contributed by atoms with Gasteiger partial charge < -0.3 is 9.80 Å². The topological polar surface area (TPSA) is 53.5 Å². The molecule has 5 nitrogen and oxygen atoms in total. The van der Waals surface area contributed by atoms with Gasteiger partial charge in [-0.1, -0.05) is 30.3 Å². The minimum absolute atomic E-state index is 0.130. The summed E-state index contributed by atoms with van der Waals surface area (Å²) in [5.41, 5.74) is 1.83. The van der Waals surface area contributed by atoms with E-state index >= 15 is 0 Å². The first kappa shape index (κ1) is 17.7. The van der Waals surface area contributed by atoms with Gasteiger partial charge in [-0.3, -0.25) is 14.6 Å². The van der Waals surface area contributed by atoms with Crippen molar-refractivity contribution in [2.45, 2.75) is 20.4 Å². The summed E-state index contributed by atoms with van der Waals surface area (Å²) in [5.74, 6) is -0.282. The average Bonchev–Trinajstić information content (AvgIpc) is 2.63. The lowest BCUT2D eigenvalue weighted by molar-refractivity contribution is 0.0767. The van der Waals surface area contributed by atoms with Gasteiger partial charge in [-0.2, -0.15) is 0 Å². The van der Waals surface area contributed by atoms with Crippen molar-refractivity contribution >= 4 is 11.8 Å². The highest BCUT2D eigenvalue weighted by atomic mass is 16.2. The lowest BCUT2D eigenvalue weighted by Crippen LogP contribution is -2.31. The molecule has 0 saturated heterocycles. The zero-order chi connectivity index (χ0) is 17.5. The number of pyridine rings is 1. The van der Waals surface area contributed by atoms with Gasteiger partial charge in [0.2, 0.25) is 0 Å². The van der Waals surface area contributed by atoms with Crippen LogP contribution in [0.25, 0.3) is 0 Å². The van der Waals surface area contributed by atoms with Gasteiger partial charge in [0.05, 0.1) is 0 Å². The molecule has 5 heteroatoms. The number of nitrogens with zero attached hydrogens (tertiary/aromatic N) is 3. The molecule has 0 spiro atoms. The van der Waals surface area contributed by atoms with Gasteiger partial charge in [-0.25, -0.2) is 0 Å². The Kier molecular flexibility index (Phi) is 6.07. The van der Waals surface area contributed by atoms with Crippen molar-refractivity contribution in [2.24, 2.45) is 0 Å². The Morgan fingerprint density at radius 3 is 2.29 bits per heavy atom. The molecule has 2 rings (SSSR count). The van der Waals surface area contributed by atoms with Crippen molar-refractivity contribution in [2.75, 3.05) is 20.1 Å². The molecule has 1 heterocycles. The second-order valence-corrected chi connectivity index (χ2v) is 5.55. The quantitative estimate of drug-likeness (QED) is 0.820. The highest BCUT2D eigenvalue weighted by Gasteiger charge is 2.18. The molecular formula is C19H23N3O2. The van der Waals surface area contributed by atoms with Crippen LogP contribution in [0.2, 0.25) is 0 Å². The van der Waals surface area contributed by atoms with Crippen molar-refractivity contribution in [3.63, 3.8) is 0 Å². The molecule has 0 bridgehead atoms. The van der Waals surface area contributed by atoms with E-state index < -0.39 is 0 Å². The Morgan fingerprint density at radius 1 is 1.00 bits per heavy atom. The van der Waals surface area contributed by atoms with E-state index in [0.29, 0.717) is 30.9 Å². The summed E-state index contributed by atoms with van der Waals surface area (Å²) in [5, 5.41) is 0. The summed E-state index contributed by atoms with van der Waals surface area (Å²) in [7, 11) is 1.75. The Bertz CT molecular complexity index is 697. The molecule has 0 unspecified atom stereocenters. The van der Waals surface area contributed by atoms with Crippen LogP contribution in [0.4, 0.5) is 0 Å². The molecule has 2 aromatic rings. The SMILES string of the molecule is CCN(CC)C(=O)c1cc(C(=O)N(C)Cc2ccccc2)ccn1. The Labute approximate surface area is 142 Å². The second kappa shape index (κ2) is 8.24. The largest absolute Gasteiger partial charge is 0.338 e. The number of rotatable bonds is 6. The average molecular weight is 325 g/mol. The third-order valence-corrected chi connectivity index (χ3v) is 3.89. The molecule has 126 valence electrons. The molecule has 24 heavy (non-hydrogen) atoms. The van der Waals surface area contributed by atoms with E-state index in [1.165, 1.54) is 6.20 Å². The van der Waals surface area contributed by atoms with Gasteiger partial charge in [-0.15, -0.1) is 0 Å². The number of amides is 2. The van der Waals surface area contributed by atoms with E-state index in [-0.39, 0.29) is 11.8 Å². The van der Waals surface area contributed by atoms with Crippen molar-refractivity contribution in [1.29, 1.82) is 0 Å². The Balaban J connectivity index is 2.15. The molecular weight excluding hydrogens is 302 g/mol. The Morgan fingerprint density at radius 2 is 1.67 bits per heavy atom. The number of carbonyl (C=O) groups excluding carboxylic acids is 2. The van der Waals surface area contributed by atoms with Crippen LogP contribution in [-0.2, 0) is 6.54 Å². The molecule has 0 fully saturated rings. The highest BCUT2D eigenvalue weighted by Crippen LogP contribution is 2.10. The molecule has 0 aliphatic carbocycles. The van der Waals surface area contributed by atoms with E-state index in [2.05, 4.69) is 4.98 Å². The summed E-state index contributed by atoms with van der Waals surface area (Å²) >= 11 is 0. The predicted molar refractivity (Wildman–Crippen MR) is 93.7 cm³/mol. The maximum Gasteiger partial charge on any atom is 0.272 e. The van der Waals surface area contributed by atoms with E-state index in [9.17, 15) is 9.59 Å². The van der Waals surface area contributed by atoms with E-state index in [4.69, 9.17) is 0 Å². The summed E-state index contributed by atoms with van der Waals surface area (Å²) in [6.07, 6.45) is 1.51. The van der Waals surface area contributed by atoms with Crippen LogP contribution in [-0.4, -0.2) is 46.7 Å². The number of hydrogen-bond donors (Lipinski definition) is 0. The molecule has 0 radical (unpaired) electrons. The van der Waals surface area contributed by atoms with Crippen LogP contribution >= 0.6 is 0 Å². The molecule has 0 N–H and O–H groups in total. The minimum Gasteiger partial charge on any atom is -0.338 e. The summed E-state index contributed by atoms with van der Waals surface area (Å²) in [6, 6.07) is 13.0. The first-order valence-corrected chi connectivity index (χ1v) is 8.11. The van der Waals surface area contributed by atoms with Crippen LogP contribution < -0.4 is 0 Å². The minimum atomic E-state index is -0.152. The van der Waals surface area contributed by atoms with Gasteiger partial charge in [0, 0.05) is 38.4 Å². The van der Waals surface area contributed by atoms with Crippen molar-refractivity contribution < 1.29 is 9.59 Å². The van der Waals surface area contributed by atoms with Crippen molar-refractivity contribution in [3.8, 4) is 0 Å². The standard InChI is InChI=1S/C19H23N3O2/c1-4-22(5-2)19(24)17-13-16(11-12-20-17)18(23)21(3)14-15-9-7-6-8-10-15/h6-13H,4-5,14H2,1-3H3. The second-order valence-electron chi connectivity index (χ2n) is 5.55. The molecule has 1 aromatic carbocycles. The summed E-state index contributed by atoms with van der Waals surface area (Å²) in [6.45, 7) is 5.58. The normalized spacial score (nSPS) is 10.3. The zero-order valence-corrected chi connectivity index (χ0v) is 14.4. The smallest absolute Gasteiger partial charge is 0.272 e. The highest BCUT2D eigenvalue weighted by molar-refractivity contribution is 5.98. The van der Waals surface area contributed by atoms with Gasteiger partial charge in [0.1, 0.15) is 5.69 Å². The predicted octanol–water partition coefficient (Wildman–Crippen LogP) is 2.84. The van der Waals surface area contributed by atoms with E-state index in [0.717, 1.165) is 5.56 Å². The molecule has 0 aliphatic heterocycles. The van der Waals surface area contributed by atoms with Crippen molar-refractivity contribution in [1.82, 2.24) is 14.8 Å². The van der Waals surface area contributed by atoms with Crippen LogP contribution in [0.15, 0.2) is 48.7 Å². The maximum atomic E-state index is 12.6. The third-order valence-electron chi connectivity index (χ3n) is 3.89. The maximum absolute atomic E-state index is 12.6. The number of hydrogen-bond acceptors (Lipinski definition) is 3. The molecule has 2 amide bonds. The Hall–Kier alpha value is -2.69. The van der Waals surface area contributed by atoms with Crippen LogP contribution in [0, 0.1) is 0 Å². The lowest BCUT2D eigenvalue weighted by Gasteiger charge is -2.19. The molecule has 0 atom stereocenters. The van der Waals surface area contributed by atoms with Crippen molar-refractivity contribution in [3.05, 3.63) is 65.5 Å². The van der Waals surface area contributed by atoms with Gasteiger partial charge in [0.25, 0.3) is 11.8 Å². The lowest BCUT2D eigenvalue weighted by atomic mass is 10.1. The molecule has 1 aromatic heterocycles.